The molecule has 0 saturated heterocycles. The first-order valence-corrected chi connectivity index (χ1v) is 9.25. The number of rotatable bonds is 6. The number of nitrogens with one attached hydrogen (secondary N) is 1. The van der Waals surface area contributed by atoms with Gasteiger partial charge in [0, 0.05) is 9.90 Å². The Labute approximate surface area is 143 Å². The molecule has 1 aromatic heterocycles. The third-order valence-corrected chi connectivity index (χ3v) is 5.97. The zero-order valence-electron chi connectivity index (χ0n) is 12.4. The molecule has 0 atom stereocenters. The Kier molecular flexibility index (Phi) is 5.18. The van der Waals surface area contributed by atoms with E-state index in [1.54, 1.807) is 6.07 Å². The second kappa shape index (κ2) is 6.77. The van der Waals surface area contributed by atoms with Crippen LogP contribution < -0.4 is 15.2 Å². The van der Waals surface area contributed by atoms with E-state index in [0.717, 1.165) is 16.2 Å². The van der Waals surface area contributed by atoms with E-state index in [1.807, 2.05) is 6.92 Å². The van der Waals surface area contributed by atoms with Gasteiger partial charge in [0.25, 0.3) is 15.9 Å². The topological polar surface area (TPSA) is 98.5 Å². The van der Waals surface area contributed by atoms with Crippen LogP contribution in [-0.2, 0) is 16.4 Å². The van der Waals surface area contributed by atoms with Gasteiger partial charge in [-0.2, -0.15) is 0 Å². The summed E-state index contributed by atoms with van der Waals surface area (Å²) in [5.74, 6) is -0.550. The summed E-state index contributed by atoms with van der Waals surface area (Å²) in [7, 11) is -2.63. The molecule has 0 saturated carbocycles. The summed E-state index contributed by atoms with van der Waals surface area (Å²) >= 11 is 7.03. The van der Waals surface area contributed by atoms with Crippen LogP contribution in [0.15, 0.2) is 29.2 Å². The smallest absolute Gasteiger partial charge is 0.266 e. The molecule has 0 aliphatic heterocycles. The summed E-state index contributed by atoms with van der Waals surface area (Å²) in [5, 5.41) is 0.429. The molecule has 1 aromatic carbocycles. The van der Waals surface area contributed by atoms with E-state index >= 15 is 0 Å². The Morgan fingerprint density at radius 1 is 1.39 bits per heavy atom. The zero-order valence-corrected chi connectivity index (χ0v) is 14.8. The van der Waals surface area contributed by atoms with Crippen molar-refractivity contribution in [2.45, 2.75) is 18.2 Å². The predicted octanol–water partition coefficient (Wildman–Crippen LogP) is 2.87. The van der Waals surface area contributed by atoms with Gasteiger partial charge in [-0.25, -0.2) is 8.42 Å². The number of nitrogens with two attached hydrogens (primary N) is 1. The fourth-order valence-corrected chi connectivity index (χ4v) is 4.66. The molecule has 23 heavy (non-hydrogen) atoms. The molecule has 0 aliphatic rings. The molecule has 2 rings (SSSR count). The second-order valence-corrected chi connectivity index (χ2v) is 7.80. The Bertz CT molecular complexity index is 846. The summed E-state index contributed by atoms with van der Waals surface area (Å²) in [6.07, 6.45) is 0.660. The first-order chi connectivity index (χ1) is 10.8. The number of carbonyl (C=O) groups excluding carboxylic acids is 1. The first kappa shape index (κ1) is 17.6. The largest absolute Gasteiger partial charge is 0.495 e. The van der Waals surface area contributed by atoms with Crippen LogP contribution in [0.3, 0.4) is 0 Å². The highest BCUT2D eigenvalue weighted by Crippen LogP contribution is 2.33. The lowest BCUT2D eigenvalue weighted by Gasteiger charge is -2.11. The van der Waals surface area contributed by atoms with Gasteiger partial charge in [-0.3, -0.25) is 9.52 Å². The van der Waals surface area contributed by atoms with Crippen molar-refractivity contribution < 1.29 is 17.9 Å². The lowest BCUT2D eigenvalue weighted by Crippen LogP contribution is -2.17. The first-order valence-electron chi connectivity index (χ1n) is 6.57. The van der Waals surface area contributed by atoms with Gasteiger partial charge < -0.3 is 10.5 Å². The summed E-state index contributed by atoms with van der Waals surface area (Å²) in [6, 6.07) is 5.84. The summed E-state index contributed by atoms with van der Waals surface area (Å²) in [4.78, 5) is 12.2. The fraction of sp³-hybridized carbons (Fsp3) is 0.214. The number of anilines is 1. The van der Waals surface area contributed by atoms with Crippen LogP contribution in [0, 0.1) is 0 Å². The van der Waals surface area contributed by atoms with E-state index < -0.39 is 15.9 Å². The molecule has 1 amide bonds. The van der Waals surface area contributed by atoms with Crippen LogP contribution in [0.2, 0.25) is 5.02 Å². The van der Waals surface area contributed by atoms with Crippen LogP contribution in [0.1, 0.15) is 22.2 Å². The quantitative estimate of drug-likeness (QED) is 0.812. The number of carbonyl (C=O) groups is 1. The minimum Gasteiger partial charge on any atom is -0.495 e. The van der Waals surface area contributed by atoms with E-state index in [9.17, 15) is 13.2 Å². The van der Waals surface area contributed by atoms with Crippen molar-refractivity contribution in [3.8, 4) is 5.75 Å². The van der Waals surface area contributed by atoms with Gasteiger partial charge in [0.05, 0.1) is 12.7 Å². The average Bonchev–Trinajstić information content (AvgIpc) is 2.89. The molecule has 124 valence electrons. The van der Waals surface area contributed by atoms with Crippen molar-refractivity contribution in [1.29, 1.82) is 0 Å². The van der Waals surface area contributed by atoms with Crippen molar-refractivity contribution in [2.24, 2.45) is 5.73 Å². The summed E-state index contributed by atoms with van der Waals surface area (Å²) < 4.78 is 32.7. The van der Waals surface area contributed by atoms with Crippen LogP contribution in [-0.4, -0.2) is 21.4 Å². The summed E-state index contributed by atoms with van der Waals surface area (Å²) in [5.41, 5.74) is 5.44. The van der Waals surface area contributed by atoms with E-state index in [-0.39, 0.29) is 26.2 Å². The number of ether oxygens (including phenoxy) is 1. The highest BCUT2D eigenvalue weighted by Gasteiger charge is 2.24. The lowest BCUT2D eigenvalue weighted by molar-refractivity contribution is 0.100. The number of halogens is 1. The van der Waals surface area contributed by atoms with Crippen molar-refractivity contribution in [3.05, 3.63) is 39.7 Å². The van der Waals surface area contributed by atoms with Gasteiger partial charge in [-0.1, -0.05) is 18.5 Å². The number of primary amides is 1. The van der Waals surface area contributed by atoms with Crippen molar-refractivity contribution in [2.75, 3.05) is 11.8 Å². The number of sulfonamides is 1. The van der Waals surface area contributed by atoms with Gasteiger partial charge in [0.1, 0.15) is 15.6 Å². The number of thiophene rings is 1. The monoisotopic (exact) mass is 374 g/mol. The SMILES string of the molecule is CCc1cc(C(N)=O)c(NS(=O)(=O)c2cc(Cl)ccc2OC)s1. The fourth-order valence-electron chi connectivity index (χ4n) is 1.91. The molecular formula is C14H15ClN2O4S2. The zero-order chi connectivity index (χ0) is 17.2. The van der Waals surface area contributed by atoms with Crippen molar-refractivity contribution >= 4 is 43.9 Å². The summed E-state index contributed by atoms with van der Waals surface area (Å²) in [6.45, 7) is 1.90. The number of aryl methyl sites for hydroxylation is 1. The van der Waals surface area contributed by atoms with E-state index in [4.69, 9.17) is 22.1 Å². The Morgan fingerprint density at radius 3 is 2.65 bits per heavy atom. The predicted molar refractivity (Wildman–Crippen MR) is 91.0 cm³/mol. The minimum atomic E-state index is -3.99. The number of hydrogen-bond acceptors (Lipinski definition) is 5. The molecule has 0 fully saturated rings. The third-order valence-electron chi connectivity index (χ3n) is 3.04. The van der Waals surface area contributed by atoms with Crippen LogP contribution in [0.25, 0.3) is 0 Å². The maximum atomic E-state index is 12.6. The minimum absolute atomic E-state index is 0.116. The van der Waals surface area contributed by atoms with Crippen LogP contribution in [0.4, 0.5) is 5.00 Å². The molecule has 2 aromatic rings. The molecule has 0 bridgehead atoms. The van der Waals surface area contributed by atoms with Gasteiger partial charge in [-0.15, -0.1) is 11.3 Å². The van der Waals surface area contributed by atoms with Gasteiger partial charge in [0.15, 0.2) is 0 Å². The molecular weight excluding hydrogens is 360 g/mol. The van der Waals surface area contributed by atoms with Crippen molar-refractivity contribution in [1.82, 2.24) is 0 Å². The Hall–Kier alpha value is -1.77. The molecule has 9 heteroatoms. The van der Waals surface area contributed by atoms with Crippen LogP contribution in [0.5, 0.6) is 5.75 Å². The van der Waals surface area contributed by atoms with E-state index in [0.29, 0.717) is 6.42 Å². The average molecular weight is 375 g/mol. The highest BCUT2D eigenvalue weighted by molar-refractivity contribution is 7.93. The van der Waals surface area contributed by atoms with Gasteiger partial charge >= 0.3 is 0 Å². The number of methoxy groups -OCH3 is 1. The molecule has 0 aliphatic carbocycles. The van der Waals surface area contributed by atoms with E-state index in [2.05, 4.69) is 4.72 Å². The molecule has 3 N–H and O–H groups in total. The number of hydrogen-bond donors (Lipinski definition) is 2. The normalized spacial score (nSPS) is 11.3. The molecule has 0 spiro atoms. The Morgan fingerprint density at radius 2 is 2.09 bits per heavy atom. The van der Waals surface area contributed by atoms with Crippen molar-refractivity contribution in [3.63, 3.8) is 0 Å². The van der Waals surface area contributed by atoms with E-state index in [1.165, 1.54) is 25.3 Å². The van der Waals surface area contributed by atoms with Crippen LogP contribution >= 0.6 is 22.9 Å². The molecule has 1 heterocycles. The standard InChI is InChI=1S/C14H15ClN2O4S2/c1-3-9-7-10(13(16)18)14(22-9)17-23(19,20)12-6-8(15)4-5-11(12)21-2/h4-7,17H,3H2,1-2H3,(H2,16,18). The van der Waals surface area contributed by atoms with Gasteiger partial charge in [-0.05, 0) is 30.7 Å². The third kappa shape index (κ3) is 3.77. The lowest BCUT2D eigenvalue weighted by atomic mass is 10.2. The molecule has 0 unspecified atom stereocenters. The highest BCUT2D eigenvalue weighted by atomic mass is 35.5. The molecule has 0 radical (unpaired) electrons. The number of benzene rings is 1. The number of amides is 1. The maximum Gasteiger partial charge on any atom is 0.266 e. The van der Waals surface area contributed by atoms with Gasteiger partial charge in [0.2, 0.25) is 0 Å². The maximum absolute atomic E-state index is 12.6. The second-order valence-electron chi connectivity index (χ2n) is 4.57. The Balaban J connectivity index is 2.49. The molecule has 6 nitrogen and oxygen atoms in total.